The summed E-state index contributed by atoms with van der Waals surface area (Å²) >= 11 is 1.38. The summed E-state index contributed by atoms with van der Waals surface area (Å²) < 4.78 is 0. The lowest BCUT2D eigenvalue weighted by Crippen LogP contribution is -2.34. The number of aromatic nitrogens is 1. The Bertz CT molecular complexity index is 686. The quantitative estimate of drug-likeness (QED) is 0.909. The molecule has 1 fully saturated rings. The molecular weight excluding hydrogens is 300 g/mol. The summed E-state index contributed by atoms with van der Waals surface area (Å²) in [5.74, 6) is -0.599. The van der Waals surface area contributed by atoms with E-state index in [9.17, 15) is 9.59 Å². The zero-order valence-electron chi connectivity index (χ0n) is 11.9. The number of nitrogens with zero attached hydrogens (tertiary/aromatic N) is 2. The molecule has 0 bridgehead atoms. The number of likely N-dealkylation sites (tertiary alicyclic amines) is 1. The Labute approximate surface area is 132 Å². The maximum absolute atomic E-state index is 12.2. The molecule has 1 atom stereocenters. The van der Waals surface area contributed by atoms with E-state index >= 15 is 0 Å². The molecule has 114 valence electrons. The average Bonchev–Trinajstić information content (AvgIpc) is 3.17. The van der Waals surface area contributed by atoms with Gasteiger partial charge in [0, 0.05) is 24.0 Å². The number of benzene rings is 1. The van der Waals surface area contributed by atoms with Crippen molar-refractivity contribution in [3.8, 4) is 11.3 Å². The van der Waals surface area contributed by atoms with Gasteiger partial charge >= 0.3 is 6.03 Å². The molecule has 0 radical (unpaired) electrons. The first-order valence-electron chi connectivity index (χ1n) is 6.99. The second-order valence-electron chi connectivity index (χ2n) is 5.17. The Morgan fingerprint density at radius 2 is 2.09 bits per heavy atom. The van der Waals surface area contributed by atoms with E-state index < -0.39 is 0 Å². The second-order valence-corrected chi connectivity index (χ2v) is 6.03. The van der Waals surface area contributed by atoms with E-state index in [0.29, 0.717) is 24.6 Å². The molecule has 2 heterocycles. The Morgan fingerprint density at radius 1 is 1.32 bits per heavy atom. The number of anilines is 1. The zero-order chi connectivity index (χ0) is 15.5. The largest absolute Gasteiger partial charge is 0.369 e. The summed E-state index contributed by atoms with van der Waals surface area (Å²) in [6.07, 6.45) is 0.621. The van der Waals surface area contributed by atoms with Gasteiger partial charge in [-0.15, -0.1) is 11.3 Å². The molecule has 1 aliphatic rings. The lowest BCUT2D eigenvalue weighted by molar-refractivity contribution is -0.121. The van der Waals surface area contributed by atoms with Gasteiger partial charge in [0.15, 0.2) is 5.13 Å². The molecule has 0 aliphatic carbocycles. The van der Waals surface area contributed by atoms with Crippen LogP contribution >= 0.6 is 11.3 Å². The fourth-order valence-corrected chi connectivity index (χ4v) is 3.13. The Kier molecular flexibility index (Phi) is 4.06. The molecule has 2 aromatic rings. The highest BCUT2D eigenvalue weighted by atomic mass is 32.1. The van der Waals surface area contributed by atoms with E-state index in [1.54, 1.807) is 4.90 Å². The van der Waals surface area contributed by atoms with E-state index in [4.69, 9.17) is 5.73 Å². The molecule has 0 spiro atoms. The van der Waals surface area contributed by atoms with Gasteiger partial charge in [-0.2, -0.15) is 0 Å². The molecule has 3 amide bonds. The second kappa shape index (κ2) is 6.15. The van der Waals surface area contributed by atoms with Gasteiger partial charge in [-0.1, -0.05) is 30.3 Å². The number of carbonyl (C=O) groups excluding carboxylic acids is 2. The van der Waals surface area contributed by atoms with Crippen LogP contribution in [0.25, 0.3) is 11.3 Å². The third kappa shape index (κ3) is 3.09. The van der Waals surface area contributed by atoms with Crippen LogP contribution in [-0.2, 0) is 4.79 Å². The first-order chi connectivity index (χ1) is 10.6. The van der Waals surface area contributed by atoms with Gasteiger partial charge in [-0.3, -0.25) is 10.1 Å². The molecule has 7 heteroatoms. The third-order valence-corrected chi connectivity index (χ3v) is 4.42. The van der Waals surface area contributed by atoms with E-state index in [0.717, 1.165) is 11.3 Å². The van der Waals surface area contributed by atoms with Crippen LogP contribution in [0.2, 0.25) is 0 Å². The first kappa shape index (κ1) is 14.5. The van der Waals surface area contributed by atoms with Crippen LogP contribution < -0.4 is 11.1 Å². The topological polar surface area (TPSA) is 88.3 Å². The standard InChI is InChI=1S/C15H16N4O2S/c16-13(20)11-6-7-19(8-11)15(21)18-14-17-12(9-22-14)10-4-2-1-3-5-10/h1-5,9,11H,6-8H2,(H2,16,20)(H,17,18,21)/t11-/m0/s1. The normalized spacial score (nSPS) is 17.5. The minimum atomic E-state index is -0.351. The van der Waals surface area contributed by atoms with Crippen LogP contribution in [0.15, 0.2) is 35.7 Å². The van der Waals surface area contributed by atoms with Crippen molar-refractivity contribution in [3.05, 3.63) is 35.7 Å². The van der Waals surface area contributed by atoms with Crippen molar-refractivity contribution >= 4 is 28.4 Å². The predicted molar refractivity (Wildman–Crippen MR) is 85.4 cm³/mol. The molecule has 3 N–H and O–H groups in total. The number of urea groups is 1. The van der Waals surface area contributed by atoms with Gasteiger partial charge in [-0.25, -0.2) is 9.78 Å². The maximum Gasteiger partial charge on any atom is 0.323 e. The van der Waals surface area contributed by atoms with E-state index in [1.807, 2.05) is 35.7 Å². The van der Waals surface area contributed by atoms with E-state index in [-0.39, 0.29) is 17.9 Å². The summed E-state index contributed by atoms with van der Waals surface area (Å²) in [6.45, 7) is 0.911. The summed E-state index contributed by atoms with van der Waals surface area (Å²) in [5, 5.41) is 5.23. The number of primary amides is 1. The van der Waals surface area contributed by atoms with Gasteiger partial charge < -0.3 is 10.6 Å². The fraction of sp³-hybridized carbons (Fsp3) is 0.267. The highest BCUT2D eigenvalue weighted by Gasteiger charge is 2.29. The lowest BCUT2D eigenvalue weighted by Gasteiger charge is -2.15. The number of carbonyl (C=O) groups is 2. The van der Waals surface area contributed by atoms with Gasteiger partial charge in [0.05, 0.1) is 11.6 Å². The number of hydrogen-bond donors (Lipinski definition) is 2. The van der Waals surface area contributed by atoms with Crippen molar-refractivity contribution in [1.29, 1.82) is 0 Å². The predicted octanol–water partition coefficient (Wildman–Crippen LogP) is 2.15. The van der Waals surface area contributed by atoms with Crippen LogP contribution in [-0.4, -0.2) is 34.9 Å². The van der Waals surface area contributed by atoms with E-state index in [2.05, 4.69) is 10.3 Å². The molecule has 1 aromatic heterocycles. The summed E-state index contributed by atoms with van der Waals surface area (Å²) in [7, 11) is 0. The Balaban J connectivity index is 1.63. The van der Waals surface area contributed by atoms with Crippen LogP contribution in [0.1, 0.15) is 6.42 Å². The number of nitrogens with one attached hydrogen (secondary N) is 1. The monoisotopic (exact) mass is 316 g/mol. The van der Waals surface area contributed by atoms with Crippen molar-refractivity contribution in [2.45, 2.75) is 6.42 Å². The summed E-state index contributed by atoms with van der Waals surface area (Å²) in [4.78, 5) is 29.3. The number of amides is 3. The molecule has 1 aromatic carbocycles. The minimum Gasteiger partial charge on any atom is -0.369 e. The smallest absolute Gasteiger partial charge is 0.323 e. The molecule has 1 saturated heterocycles. The lowest BCUT2D eigenvalue weighted by atomic mass is 10.1. The molecular formula is C15H16N4O2S. The number of nitrogens with two attached hydrogens (primary N) is 1. The van der Waals surface area contributed by atoms with Crippen molar-refractivity contribution in [1.82, 2.24) is 9.88 Å². The number of hydrogen-bond acceptors (Lipinski definition) is 4. The van der Waals surface area contributed by atoms with Gasteiger partial charge in [0.2, 0.25) is 5.91 Å². The van der Waals surface area contributed by atoms with Crippen molar-refractivity contribution < 1.29 is 9.59 Å². The molecule has 3 rings (SSSR count). The third-order valence-electron chi connectivity index (χ3n) is 3.67. The first-order valence-corrected chi connectivity index (χ1v) is 7.87. The summed E-state index contributed by atoms with van der Waals surface area (Å²) in [5.41, 5.74) is 7.11. The van der Waals surface area contributed by atoms with Gasteiger partial charge in [0.1, 0.15) is 0 Å². The molecule has 0 unspecified atom stereocenters. The average molecular weight is 316 g/mol. The van der Waals surface area contributed by atoms with Crippen molar-refractivity contribution in [2.75, 3.05) is 18.4 Å². The minimum absolute atomic E-state index is 0.238. The maximum atomic E-state index is 12.2. The zero-order valence-corrected chi connectivity index (χ0v) is 12.7. The highest BCUT2D eigenvalue weighted by molar-refractivity contribution is 7.14. The number of rotatable bonds is 3. The number of thiazole rings is 1. The van der Waals surface area contributed by atoms with Crippen molar-refractivity contribution in [3.63, 3.8) is 0 Å². The van der Waals surface area contributed by atoms with Gasteiger partial charge in [0.25, 0.3) is 0 Å². The van der Waals surface area contributed by atoms with Crippen LogP contribution in [0.3, 0.4) is 0 Å². The van der Waals surface area contributed by atoms with Crippen LogP contribution in [0.5, 0.6) is 0 Å². The molecule has 22 heavy (non-hydrogen) atoms. The van der Waals surface area contributed by atoms with Crippen molar-refractivity contribution in [2.24, 2.45) is 11.7 Å². The molecule has 0 saturated carbocycles. The van der Waals surface area contributed by atoms with Crippen LogP contribution in [0, 0.1) is 5.92 Å². The fourth-order valence-electron chi connectivity index (χ4n) is 2.42. The molecule has 1 aliphatic heterocycles. The Morgan fingerprint density at radius 3 is 2.77 bits per heavy atom. The van der Waals surface area contributed by atoms with Crippen LogP contribution in [0.4, 0.5) is 9.93 Å². The van der Waals surface area contributed by atoms with E-state index in [1.165, 1.54) is 11.3 Å². The Hall–Kier alpha value is -2.41. The molecule has 6 nitrogen and oxygen atoms in total. The SMILES string of the molecule is NC(=O)[C@H]1CCN(C(=O)Nc2nc(-c3ccccc3)cs2)C1. The van der Waals surface area contributed by atoms with Gasteiger partial charge in [-0.05, 0) is 6.42 Å². The highest BCUT2D eigenvalue weighted by Crippen LogP contribution is 2.25. The summed E-state index contributed by atoms with van der Waals surface area (Å²) in [6, 6.07) is 9.54.